The number of nitrogens with zero attached hydrogens (tertiary/aromatic N) is 2. The summed E-state index contributed by atoms with van der Waals surface area (Å²) in [7, 11) is 4.42. The van der Waals surface area contributed by atoms with Crippen LogP contribution in [0.15, 0.2) is 48.5 Å². The molecular formula is C24H32N2. The predicted molar refractivity (Wildman–Crippen MR) is 115 cm³/mol. The molecule has 0 N–H and O–H groups in total. The molecule has 0 radical (unpaired) electrons. The second-order valence-corrected chi connectivity index (χ2v) is 7.34. The van der Waals surface area contributed by atoms with Gasteiger partial charge in [-0.05, 0) is 72.7 Å². The molecule has 3 rings (SSSR count). The maximum Gasteiger partial charge on any atom is 0.00191 e. The zero-order chi connectivity index (χ0) is 18.5. The summed E-state index contributed by atoms with van der Waals surface area (Å²) >= 11 is 0. The summed E-state index contributed by atoms with van der Waals surface area (Å²) in [4.78, 5) is 4.79. The van der Waals surface area contributed by atoms with Crippen molar-refractivity contribution >= 4 is 21.5 Å². The van der Waals surface area contributed by atoms with E-state index in [0.717, 1.165) is 39.0 Å². The number of hydrogen-bond donors (Lipinski definition) is 0. The smallest absolute Gasteiger partial charge is 0.00191 e. The van der Waals surface area contributed by atoms with Gasteiger partial charge in [0, 0.05) is 13.1 Å². The van der Waals surface area contributed by atoms with Gasteiger partial charge in [-0.25, -0.2) is 0 Å². The molecule has 3 aromatic carbocycles. The van der Waals surface area contributed by atoms with Crippen molar-refractivity contribution in [2.75, 3.05) is 40.3 Å². The van der Waals surface area contributed by atoms with Gasteiger partial charge in [-0.3, -0.25) is 0 Å². The van der Waals surface area contributed by atoms with E-state index < -0.39 is 0 Å². The van der Waals surface area contributed by atoms with Crippen molar-refractivity contribution < 1.29 is 0 Å². The summed E-state index contributed by atoms with van der Waals surface area (Å²) in [5, 5.41) is 5.74. The van der Waals surface area contributed by atoms with E-state index in [4.69, 9.17) is 0 Å². The molecule has 0 aliphatic rings. The zero-order valence-electron chi connectivity index (χ0n) is 16.8. The minimum atomic E-state index is 1.09. The fraction of sp³-hybridized carbons (Fsp3) is 0.417. The van der Waals surface area contributed by atoms with Crippen LogP contribution in [0.2, 0.25) is 0 Å². The molecule has 2 nitrogen and oxygen atoms in total. The Kier molecular flexibility index (Phi) is 6.29. The average Bonchev–Trinajstić information content (AvgIpc) is 2.69. The molecular weight excluding hydrogens is 316 g/mol. The Balaban J connectivity index is 2.15. The van der Waals surface area contributed by atoms with Gasteiger partial charge in [-0.15, -0.1) is 0 Å². The second kappa shape index (κ2) is 8.66. The standard InChI is InChI=1S/C24H32N2/c1-5-25(3)17-15-23-19-11-7-9-13-21(19)24(16-18-26(4)6-2)22-14-10-8-12-20(22)23/h7-14H,5-6,15-18H2,1-4H3. The number of likely N-dealkylation sites (N-methyl/N-ethyl adjacent to an activating group) is 2. The highest BCUT2D eigenvalue weighted by atomic mass is 15.1. The number of benzene rings is 3. The first kappa shape index (κ1) is 18.9. The van der Waals surface area contributed by atoms with Crippen LogP contribution in [0.5, 0.6) is 0 Å². The van der Waals surface area contributed by atoms with Gasteiger partial charge in [0.1, 0.15) is 0 Å². The highest BCUT2D eigenvalue weighted by molar-refractivity contribution is 6.05. The van der Waals surface area contributed by atoms with E-state index in [1.165, 1.54) is 32.7 Å². The molecule has 0 heterocycles. The lowest BCUT2D eigenvalue weighted by Crippen LogP contribution is -2.21. The van der Waals surface area contributed by atoms with Gasteiger partial charge in [0.05, 0.1) is 0 Å². The van der Waals surface area contributed by atoms with Crippen LogP contribution in [0.1, 0.15) is 25.0 Å². The lowest BCUT2D eigenvalue weighted by atomic mass is 9.89. The fourth-order valence-electron chi connectivity index (χ4n) is 3.77. The molecule has 26 heavy (non-hydrogen) atoms. The lowest BCUT2D eigenvalue weighted by molar-refractivity contribution is 0.358. The minimum absolute atomic E-state index is 1.09. The molecule has 2 heteroatoms. The Labute approximate surface area is 158 Å². The third-order valence-corrected chi connectivity index (χ3v) is 5.72. The average molecular weight is 349 g/mol. The molecule has 3 aromatic rings. The molecule has 0 aromatic heterocycles. The van der Waals surface area contributed by atoms with Crippen LogP contribution in [0.25, 0.3) is 21.5 Å². The first-order valence-corrected chi connectivity index (χ1v) is 9.94. The van der Waals surface area contributed by atoms with Crippen LogP contribution >= 0.6 is 0 Å². The van der Waals surface area contributed by atoms with Crippen LogP contribution in [-0.4, -0.2) is 50.1 Å². The Morgan fingerprint density at radius 3 is 1.15 bits per heavy atom. The van der Waals surface area contributed by atoms with Gasteiger partial charge in [-0.2, -0.15) is 0 Å². The third-order valence-electron chi connectivity index (χ3n) is 5.72. The van der Waals surface area contributed by atoms with E-state index in [0.29, 0.717) is 0 Å². The van der Waals surface area contributed by atoms with Crippen LogP contribution in [0, 0.1) is 0 Å². The first-order chi connectivity index (χ1) is 12.7. The molecule has 0 saturated heterocycles. The molecule has 0 aliphatic heterocycles. The van der Waals surface area contributed by atoms with Crippen LogP contribution in [-0.2, 0) is 12.8 Å². The largest absolute Gasteiger partial charge is 0.306 e. The highest BCUT2D eigenvalue weighted by Gasteiger charge is 2.14. The van der Waals surface area contributed by atoms with Gasteiger partial charge in [0.25, 0.3) is 0 Å². The highest BCUT2D eigenvalue weighted by Crippen LogP contribution is 2.33. The minimum Gasteiger partial charge on any atom is -0.306 e. The summed E-state index contributed by atoms with van der Waals surface area (Å²) < 4.78 is 0. The Morgan fingerprint density at radius 1 is 0.577 bits per heavy atom. The summed E-state index contributed by atoms with van der Waals surface area (Å²) in [6.45, 7) is 8.84. The SMILES string of the molecule is CCN(C)CCc1c2ccccc2c(CCN(C)CC)c2ccccc12. The lowest BCUT2D eigenvalue weighted by Gasteiger charge is -2.20. The van der Waals surface area contributed by atoms with Crippen LogP contribution in [0.4, 0.5) is 0 Å². The summed E-state index contributed by atoms with van der Waals surface area (Å²) in [6, 6.07) is 18.0. The van der Waals surface area contributed by atoms with E-state index in [1.54, 1.807) is 0 Å². The van der Waals surface area contributed by atoms with Gasteiger partial charge in [-0.1, -0.05) is 62.4 Å². The van der Waals surface area contributed by atoms with Gasteiger partial charge < -0.3 is 9.80 Å². The molecule has 0 bridgehead atoms. The quantitative estimate of drug-likeness (QED) is 0.530. The molecule has 0 unspecified atom stereocenters. The van der Waals surface area contributed by atoms with Crippen molar-refractivity contribution in [3.63, 3.8) is 0 Å². The summed E-state index contributed by atoms with van der Waals surface area (Å²) in [5.74, 6) is 0. The van der Waals surface area contributed by atoms with Crippen molar-refractivity contribution in [2.24, 2.45) is 0 Å². The van der Waals surface area contributed by atoms with E-state index in [9.17, 15) is 0 Å². The Bertz CT molecular complexity index is 740. The van der Waals surface area contributed by atoms with Crippen molar-refractivity contribution in [1.29, 1.82) is 0 Å². The summed E-state index contributed by atoms with van der Waals surface area (Å²) in [6.07, 6.45) is 2.20. The number of fused-ring (bicyclic) bond motifs is 2. The number of rotatable bonds is 8. The van der Waals surface area contributed by atoms with Crippen molar-refractivity contribution in [3.8, 4) is 0 Å². The van der Waals surface area contributed by atoms with Gasteiger partial charge in [0.15, 0.2) is 0 Å². The van der Waals surface area contributed by atoms with Gasteiger partial charge in [0.2, 0.25) is 0 Å². The molecule has 0 saturated carbocycles. The van der Waals surface area contributed by atoms with E-state index in [1.807, 2.05) is 0 Å². The molecule has 0 spiro atoms. The molecule has 0 amide bonds. The maximum atomic E-state index is 2.40. The Hall–Kier alpha value is -1.90. The zero-order valence-corrected chi connectivity index (χ0v) is 16.8. The summed E-state index contributed by atoms with van der Waals surface area (Å²) in [5.41, 5.74) is 3.01. The fourth-order valence-corrected chi connectivity index (χ4v) is 3.77. The van der Waals surface area contributed by atoms with Crippen molar-refractivity contribution in [1.82, 2.24) is 9.80 Å². The molecule has 0 aliphatic carbocycles. The molecule has 138 valence electrons. The number of hydrogen-bond acceptors (Lipinski definition) is 2. The second-order valence-electron chi connectivity index (χ2n) is 7.34. The van der Waals surface area contributed by atoms with Crippen LogP contribution < -0.4 is 0 Å². The molecule has 0 atom stereocenters. The monoisotopic (exact) mass is 348 g/mol. The maximum absolute atomic E-state index is 2.40. The molecule has 0 fully saturated rings. The van der Waals surface area contributed by atoms with Crippen molar-refractivity contribution in [3.05, 3.63) is 59.7 Å². The van der Waals surface area contributed by atoms with Gasteiger partial charge >= 0.3 is 0 Å². The van der Waals surface area contributed by atoms with E-state index in [2.05, 4.69) is 86.3 Å². The van der Waals surface area contributed by atoms with Crippen LogP contribution in [0.3, 0.4) is 0 Å². The Morgan fingerprint density at radius 2 is 0.885 bits per heavy atom. The first-order valence-electron chi connectivity index (χ1n) is 9.94. The predicted octanol–water partition coefficient (Wildman–Crippen LogP) is 4.98. The normalized spacial score (nSPS) is 11.9. The van der Waals surface area contributed by atoms with E-state index >= 15 is 0 Å². The topological polar surface area (TPSA) is 6.48 Å². The third kappa shape index (κ3) is 3.92. The van der Waals surface area contributed by atoms with Crippen molar-refractivity contribution in [2.45, 2.75) is 26.7 Å². The van der Waals surface area contributed by atoms with E-state index in [-0.39, 0.29) is 0 Å².